The number of aromatic nitrogens is 1. The summed E-state index contributed by atoms with van der Waals surface area (Å²) in [7, 11) is 1.58. The number of methoxy groups -OCH3 is 1. The molecule has 0 radical (unpaired) electrons. The molecule has 1 amide bonds. The third-order valence-corrected chi connectivity index (χ3v) is 4.32. The molecule has 0 aliphatic rings. The third-order valence-electron chi connectivity index (χ3n) is 4.32. The van der Waals surface area contributed by atoms with Crippen LogP contribution in [0.25, 0.3) is 11.3 Å². The molecule has 0 saturated heterocycles. The second kappa shape index (κ2) is 9.54. The molecule has 1 heterocycles. The summed E-state index contributed by atoms with van der Waals surface area (Å²) < 4.78 is 15.7. The monoisotopic (exact) mass is 394 g/mol. The Morgan fingerprint density at radius 1 is 1.10 bits per heavy atom. The van der Waals surface area contributed by atoms with Crippen LogP contribution in [0.1, 0.15) is 28.1 Å². The van der Waals surface area contributed by atoms with Crippen LogP contribution < -0.4 is 10.1 Å². The number of carbonyl (C=O) groups is 2. The fraction of sp³-hybridized carbons (Fsp3) is 0.227. The van der Waals surface area contributed by atoms with Crippen molar-refractivity contribution in [3.05, 3.63) is 71.5 Å². The number of nitrogens with zero attached hydrogens (tertiary/aromatic N) is 1. The minimum atomic E-state index is -0.440. The highest BCUT2D eigenvalue weighted by atomic mass is 16.5. The third kappa shape index (κ3) is 5.22. The van der Waals surface area contributed by atoms with Gasteiger partial charge in [0.1, 0.15) is 11.4 Å². The number of rotatable bonds is 8. The molecule has 7 heteroatoms. The molecule has 0 unspecified atom stereocenters. The topological polar surface area (TPSA) is 90.7 Å². The van der Waals surface area contributed by atoms with Gasteiger partial charge < -0.3 is 19.3 Å². The van der Waals surface area contributed by atoms with E-state index in [1.807, 2.05) is 43.3 Å². The van der Waals surface area contributed by atoms with Crippen molar-refractivity contribution in [2.45, 2.75) is 20.0 Å². The highest BCUT2D eigenvalue weighted by molar-refractivity contribution is 5.95. The number of benzene rings is 2. The summed E-state index contributed by atoms with van der Waals surface area (Å²) >= 11 is 0. The van der Waals surface area contributed by atoms with Gasteiger partial charge in [-0.05, 0) is 30.7 Å². The molecule has 0 saturated carbocycles. The predicted octanol–water partition coefficient (Wildman–Crippen LogP) is 3.52. The molecule has 0 atom stereocenters. The maximum absolute atomic E-state index is 12.1. The van der Waals surface area contributed by atoms with E-state index in [9.17, 15) is 9.59 Å². The first-order valence-electron chi connectivity index (χ1n) is 9.17. The lowest BCUT2D eigenvalue weighted by Gasteiger charge is -2.07. The fourth-order valence-electron chi connectivity index (χ4n) is 2.79. The van der Waals surface area contributed by atoms with Crippen LogP contribution in [0.5, 0.6) is 5.75 Å². The van der Waals surface area contributed by atoms with Crippen LogP contribution >= 0.6 is 0 Å². The van der Waals surface area contributed by atoms with Crippen LogP contribution in [0.15, 0.2) is 59.1 Å². The molecule has 7 nitrogen and oxygen atoms in total. The maximum Gasteiger partial charge on any atom is 0.308 e. The molecule has 0 spiro atoms. The summed E-state index contributed by atoms with van der Waals surface area (Å²) in [5.74, 6) is 0.440. The summed E-state index contributed by atoms with van der Waals surface area (Å²) in [6.07, 6.45) is 0.0606. The van der Waals surface area contributed by atoms with E-state index >= 15 is 0 Å². The summed E-state index contributed by atoms with van der Waals surface area (Å²) in [5, 5.41) is 6.71. The molecule has 0 aliphatic carbocycles. The molecule has 3 aromatic rings. The molecular weight excluding hydrogens is 372 g/mol. The van der Waals surface area contributed by atoms with Gasteiger partial charge in [0.05, 0.1) is 13.5 Å². The number of hydrogen-bond acceptors (Lipinski definition) is 6. The van der Waals surface area contributed by atoms with Crippen molar-refractivity contribution < 1.29 is 23.6 Å². The second-order valence-electron chi connectivity index (χ2n) is 6.36. The summed E-state index contributed by atoms with van der Waals surface area (Å²) in [6.45, 7) is 2.02. The standard InChI is InChI=1S/C22H22N2O5/c1-15-7-3-4-8-17(15)22(26)23-12-11-21(25)28-14-16-13-19(24-29-16)18-9-5-6-10-20(18)27-2/h3-10,13H,11-12,14H2,1-2H3,(H,23,26). The number of amides is 1. The van der Waals surface area contributed by atoms with Crippen molar-refractivity contribution >= 4 is 11.9 Å². The molecule has 0 bridgehead atoms. The molecule has 29 heavy (non-hydrogen) atoms. The zero-order valence-electron chi connectivity index (χ0n) is 16.3. The van der Waals surface area contributed by atoms with Gasteiger partial charge in [-0.2, -0.15) is 0 Å². The van der Waals surface area contributed by atoms with E-state index < -0.39 is 5.97 Å². The van der Waals surface area contributed by atoms with E-state index in [1.165, 1.54) is 0 Å². The minimum absolute atomic E-state index is 0.0350. The van der Waals surface area contributed by atoms with Crippen LogP contribution in [0.3, 0.4) is 0 Å². The Hall–Kier alpha value is -3.61. The van der Waals surface area contributed by atoms with Gasteiger partial charge in [0.25, 0.3) is 5.91 Å². The van der Waals surface area contributed by atoms with Gasteiger partial charge in [-0.1, -0.05) is 35.5 Å². The number of carbonyl (C=O) groups excluding carboxylic acids is 2. The smallest absolute Gasteiger partial charge is 0.308 e. The largest absolute Gasteiger partial charge is 0.496 e. The first-order chi connectivity index (χ1) is 14.1. The molecule has 3 rings (SSSR count). The van der Waals surface area contributed by atoms with Gasteiger partial charge in [0.15, 0.2) is 12.4 Å². The number of esters is 1. The summed E-state index contributed by atoms with van der Waals surface area (Å²) in [5.41, 5.74) is 2.85. The Labute approximate surface area is 168 Å². The lowest BCUT2D eigenvalue weighted by atomic mass is 10.1. The average molecular weight is 394 g/mol. The lowest BCUT2D eigenvalue weighted by molar-refractivity contribution is -0.145. The van der Waals surface area contributed by atoms with Crippen molar-refractivity contribution in [1.82, 2.24) is 10.5 Å². The van der Waals surface area contributed by atoms with Crippen molar-refractivity contribution in [3.63, 3.8) is 0 Å². The van der Waals surface area contributed by atoms with Gasteiger partial charge in [-0.25, -0.2) is 0 Å². The fourth-order valence-corrected chi connectivity index (χ4v) is 2.79. The van der Waals surface area contributed by atoms with Gasteiger partial charge in [0, 0.05) is 23.7 Å². The first-order valence-corrected chi connectivity index (χ1v) is 9.17. The van der Waals surface area contributed by atoms with Crippen molar-refractivity contribution in [2.75, 3.05) is 13.7 Å². The van der Waals surface area contributed by atoms with E-state index in [0.29, 0.717) is 22.8 Å². The second-order valence-corrected chi connectivity index (χ2v) is 6.36. The molecular formula is C22H22N2O5. The molecule has 1 aromatic heterocycles. The molecule has 0 fully saturated rings. The van der Waals surface area contributed by atoms with Gasteiger partial charge in [-0.3, -0.25) is 9.59 Å². The number of nitrogens with one attached hydrogen (secondary N) is 1. The van der Waals surface area contributed by atoms with Crippen molar-refractivity contribution in [3.8, 4) is 17.0 Å². The van der Waals surface area contributed by atoms with Crippen LogP contribution in [-0.4, -0.2) is 30.7 Å². The predicted molar refractivity (Wildman–Crippen MR) is 106 cm³/mol. The molecule has 2 aromatic carbocycles. The normalized spacial score (nSPS) is 10.4. The Bertz CT molecular complexity index is 996. The van der Waals surface area contributed by atoms with Gasteiger partial charge in [-0.15, -0.1) is 0 Å². The van der Waals surface area contributed by atoms with Crippen LogP contribution in [0.4, 0.5) is 0 Å². The van der Waals surface area contributed by atoms with E-state index in [4.69, 9.17) is 14.0 Å². The number of aryl methyl sites for hydroxylation is 1. The van der Waals surface area contributed by atoms with Crippen LogP contribution in [0.2, 0.25) is 0 Å². The van der Waals surface area contributed by atoms with Gasteiger partial charge >= 0.3 is 5.97 Å². The maximum atomic E-state index is 12.1. The molecule has 1 N–H and O–H groups in total. The average Bonchev–Trinajstić information content (AvgIpc) is 3.21. The van der Waals surface area contributed by atoms with Crippen molar-refractivity contribution in [2.24, 2.45) is 0 Å². The highest BCUT2D eigenvalue weighted by Crippen LogP contribution is 2.29. The van der Waals surface area contributed by atoms with E-state index in [2.05, 4.69) is 10.5 Å². The lowest BCUT2D eigenvalue weighted by Crippen LogP contribution is -2.27. The zero-order chi connectivity index (χ0) is 20.6. The number of hydrogen-bond donors (Lipinski definition) is 1. The van der Waals surface area contributed by atoms with Crippen molar-refractivity contribution in [1.29, 1.82) is 0 Å². The Balaban J connectivity index is 1.46. The van der Waals surface area contributed by atoms with Crippen LogP contribution in [-0.2, 0) is 16.1 Å². The molecule has 150 valence electrons. The quantitative estimate of drug-likeness (QED) is 0.588. The molecule has 0 aliphatic heterocycles. The number of ether oxygens (including phenoxy) is 2. The number of para-hydroxylation sites is 1. The summed E-state index contributed by atoms with van der Waals surface area (Å²) in [6, 6.07) is 16.4. The Kier molecular flexibility index (Phi) is 6.63. The van der Waals surface area contributed by atoms with Crippen LogP contribution in [0, 0.1) is 6.92 Å². The Morgan fingerprint density at radius 2 is 1.86 bits per heavy atom. The zero-order valence-corrected chi connectivity index (χ0v) is 16.3. The minimum Gasteiger partial charge on any atom is -0.496 e. The Morgan fingerprint density at radius 3 is 2.66 bits per heavy atom. The van der Waals surface area contributed by atoms with E-state index in [-0.39, 0.29) is 25.5 Å². The van der Waals surface area contributed by atoms with E-state index in [0.717, 1.165) is 11.1 Å². The SMILES string of the molecule is COc1ccccc1-c1cc(COC(=O)CCNC(=O)c2ccccc2C)on1. The highest BCUT2D eigenvalue weighted by Gasteiger charge is 2.13. The first kappa shape index (κ1) is 20.1. The summed E-state index contributed by atoms with van der Waals surface area (Å²) in [4.78, 5) is 24.0. The van der Waals surface area contributed by atoms with E-state index in [1.54, 1.807) is 25.3 Å². The van der Waals surface area contributed by atoms with Gasteiger partial charge in [0.2, 0.25) is 0 Å².